The molecule has 0 aliphatic heterocycles. The molecular weight excluding hydrogens is 486 g/mol. The number of urea groups is 1. The van der Waals surface area contributed by atoms with Crippen molar-refractivity contribution in [2.75, 3.05) is 12.8 Å². The van der Waals surface area contributed by atoms with Crippen molar-refractivity contribution in [3.63, 3.8) is 0 Å². The number of benzene rings is 2. The van der Waals surface area contributed by atoms with Crippen molar-refractivity contribution in [1.29, 1.82) is 0 Å². The summed E-state index contributed by atoms with van der Waals surface area (Å²) in [5, 5.41) is 31.4. The Morgan fingerprint density at radius 2 is 1.67 bits per heavy atom. The smallest absolute Gasteiger partial charge is 0.360 e. The van der Waals surface area contributed by atoms with Crippen LogP contribution in [0.5, 0.6) is 5.75 Å². The summed E-state index contributed by atoms with van der Waals surface area (Å²) in [6.45, 7) is 0.202. The van der Waals surface area contributed by atoms with Gasteiger partial charge in [0.05, 0.1) is 5.69 Å². The third kappa shape index (κ3) is 10.0. The zero-order valence-corrected chi connectivity index (χ0v) is 20.4. The number of guanidine groups is 1. The van der Waals surface area contributed by atoms with Gasteiger partial charge in [-0.15, -0.1) is 16.9 Å². The Kier molecular flexibility index (Phi) is 11.2. The molecule has 0 radical (unpaired) electrons. The van der Waals surface area contributed by atoms with E-state index >= 15 is 0 Å². The van der Waals surface area contributed by atoms with Crippen LogP contribution in [0.2, 0.25) is 0 Å². The predicted molar refractivity (Wildman–Crippen MR) is 136 cm³/mol. The molecular formula is C23H29N7O5S. The topological polar surface area (TPSA) is 205 Å². The molecule has 13 heteroatoms. The van der Waals surface area contributed by atoms with Crippen molar-refractivity contribution in [3.05, 3.63) is 54.1 Å². The quantitative estimate of drug-likeness (QED) is 0.0810. The number of nitrogens with zero attached hydrogens (tertiary/aromatic N) is 3. The first kappa shape index (κ1) is 28.1. The maximum atomic E-state index is 13.0. The number of carbonyl (C=O) groups excluding carboxylic acids is 2. The van der Waals surface area contributed by atoms with E-state index in [0.717, 1.165) is 4.90 Å². The number of hydrogen-bond donors (Lipinski definition) is 6. The van der Waals surface area contributed by atoms with Crippen molar-refractivity contribution < 1.29 is 24.6 Å². The van der Waals surface area contributed by atoms with Gasteiger partial charge in [-0.1, -0.05) is 17.2 Å². The zero-order chi connectivity index (χ0) is 26.5. The van der Waals surface area contributed by atoms with Gasteiger partial charge in [0, 0.05) is 17.9 Å². The summed E-state index contributed by atoms with van der Waals surface area (Å²) in [6, 6.07) is 9.85. The second-order valence-electron chi connectivity index (χ2n) is 7.62. The molecule has 0 aliphatic rings. The molecule has 0 unspecified atom stereocenters. The fourth-order valence-corrected chi connectivity index (χ4v) is 3.45. The highest BCUT2D eigenvalue weighted by molar-refractivity contribution is 7.98. The number of nitrogens with two attached hydrogens (primary N) is 2. The molecule has 0 spiro atoms. The lowest BCUT2D eigenvalue weighted by atomic mass is 10.0. The highest BCUT2D eigenvalue weighted by Gasteiger charge is 2.26. The average molecular weight is 516 g/mol. The van der Waals surface area contributed by atoms with E-state index in [1.54, 1.807) is 36.0 Å². The number of phenols is 1. The van der Waals surface area contributed by atoms with Crippen LogP contribution in [0.25, 0.3) is 0 Å². The van der Waals surface area contributed by atoms with E-state index in [4.69, 9.17) is 11.5 Å². The number of carboxylic acids is 1. The van der Waals surface area contributed by atoms with Gasteiger partial charge in [-0.05, 0) is 61.1 Å². The lowest BCUT2D eigenvalue weighted by Crippen LogP contribution is -2.52. The van der Waals surface area contributed by atoms with Gasteiger partial charge in [0.15, 0.2) is 5.96 Å². The Hall–Kier alpha value is -4.13. The highest BCUT2D eigenvalue weighted by Crippen LogP contribution is 2.19. The first-order chi connectivity index (χ1) is 17.2. The number of aliphatic carboxylic acids is 1. The molecule has 12 nitrogen and oxygen atoms in total. The summed E-state index contributed by atoms with van der Waals surface area (Å²) >= 11 is 1.56. The largest absolute Gasteiger partial charge is 0.508 e. The van der Waals surface area contributed by atoms with E-state index in [0.29, 0.717) is 17.7 Å². The third-order valence-corrected chi connectivity index (χ3v) is 5.62. The summed E-state index contributed by atoms with van der Waals surface area (Å²) in [5.41, 5.74) is 11.6. The van der Waals surface area contributed by atoms with Gasteiger partial charge < -0.3 is 32.3 Å². The van der Waals surface area contributed by atoms with Crippen LogP contribution >= 0.6 is 11.8 Å². The van der Waals surface area contributed by atoms with E-state index in [2.05, 4.69) is 25.9 Å². The normalized spacial score (nSPS) is 12.5. The number of amides is 3. The third-order valence-electron chi connectivity index (χ3n) is 4.88. The molecule has 2 aromatic rings. The number of aliphatic imine (C=N–C) groups is 1. The number of carbonyl (C=O) groups is 3. The average Bonchev–Trinajstić information content (AvgIpc) is 2.85. The fourth-order valence-electron chi connectivity index (χ4n) is 3.04. The molecule has 8 N–H and O–H groups in total. The molecule has 2 atom stereocenters. The zero-order valence-electron chi connectivity index (χ0n) is 19.6. The van der Waals surface area contributed by atoms with Gasteiger partial charge in [0.1, 0.15) is 17.8 Å². The number of carboxylic acid groups (broad SMARTS) is 1. The van der Waals surface area contributed by atoms with Crippen LogP contribution in [0.15, 0.2) is 68.6 Å². The van der Waals surface area contributed by atoms with E-state index in [1.807, 2.05) is 18.4 Å². The van der Waals surface area contributed by atoms with Gasteiger partial charge >= 0.3 is 12.0 Å². The maximum absolute atomic E-state index is 13.0. The lowest BCUT2D eigenvalue weighted by molar-refractivity contribution is -0.142. The Morgan fingerprint density at radius 1 is 1.00 bits per heavy atom. The summed E-state index contributed by atoms with van der Waals surface area (Å²) < 4.78 is 0. The molecule has 0 aliphatic carbocycles. The Labute approximate surface area is 212 Å². The first-order valence-electron chi connectivity index (χ1n) is 10.9. The minimum Gasteiger partial charge on any atom is -0.508 e. The summed E-state index contributed by atoms with van der Waals surface area (Å²) in [4.78, 5) is 41.9. The number of phenolic OH excluding ortho intramolecular Hbond substituents is 1. The monoisotopic (exact) mass is 515 g/mol. The van der Waals surface area contributed by atoms with Gasteiger partial charge in [-0.25, -0.2) is 9.59 Å². The van der Waals surface area contributed by atoms with Crippen molar-refractivity contribution in [2.45, 2.75) is 36.2 Å². The van der Waals surface area contributed by atoms with Gasteiger partial charge in [0.25, 0.3) is 0 Å². The highest BCUT2D eigenvalue weighted by atomic mass is 32.2. The minimum atomic E-state index is -1.24. The Bertz CT molecular complexity index is 1090. The standard InChI is InChI=1S/C23H29N7O5S/c1-36-17-10-6-15(7-11-17)29-30-23(35)28-19(13-14-4-8-16(31)9-5-14)20(32)27-18(21(33)34)3-2-12-26-22(24)25/h4-11,18-19,31H,2-3,12-13H2,1H3,(H,27,32)(H,28,35)(H,33,34)(H4,24,25,26)/t18-,19-/m0/s1. The van der Waals surface area contributed by atoms with Crippen molar-refractivity contribution >= 4 is 41.3 Å². The number of hydrogen-bond acceptors (Lipinski definition) is 7. The molecule has 36 heavy (non-hydrogen) atoms. The van der Waals surface area contributed by atoms with Crippen LogP contribution in [-0.4, -0.2) is 59.0 Å². The Morgan fingerprint density at radius 3 is 2.25 bits per heavy atom. The van der Waals surface area contributed by atoms with E-state index in [1.165, 1.54) is 12.1 Å². The van der Waals surface area contributed by atoms with E-state index in [9.17, 15) is 24.6 Å². The second-order valence-corrected chi connectivity index (χ2v) is 8.50. The van der Waals surface area contributed by atoms with Crippen molar-refractivity contribution in [1.82, 2.24) is 10.6 Å². The maximum Gasteiger partial charge on any atom is 0.360 e. The first-order valence-corrected chi connectivity index (χ1v) is 12.1. The van der Waals surface area contributed by atoms with Crippen molar-refractivity contribution in [2.24, 2.45) is 26.7 Å². The number of nitrogens with one attached hydrogen (secondary N) is 2. The second kappa shape index (κ2) is 14.3. The van der Waals surface area contributed by atoms with Crippen LogP contribution in [0, 0.1) is 0 Å². The molecule has 0 saturated carbocycles. The van der Waals surface area contributed by atoms with Crippen LogP contribution in [-0.2, 0) is 16.0 Å². The summed E-state index contributed by atoms with van der Waals surface area (Å²) in [6.07, 6.45) is 2.34. The van der Waals surface area contributed by atoms with Gasteiger partial charge in [0.2, 0.25) is 5.91 Å². The number of thioether (sulfide) groups is 1. The number of aromatic hydroxyl groups is 1. The number of azo groups is 1. The molecule has 3 amide bonds. The van der Waals surface area contributed by atoms with Gasteiger partial charge in [-0.2, -0.15) is 0 Å². The molecule has 2 rings (SSSR count). The molecule has 0 fully saturated rings. The van der Waals surface area contributed by atoms with Crippen molar-refractivity contribution in [3.8, 4) is 5.75 Å². The summed E-state index contributed by atoms with van der Waals surface area (Å²) in [7, 11) is 0. The molecule has 0 bridgehead atoms. The molecule has 0 saturated heterocycles. The van der Waals surface area contributed by atoms with Gasteiger partial charge in [-0.3, -0.25) is 9.79 Å². The Balaban J connectivity index is 2.11. The van der Waals surface area contributed by atoms with Crippen LogP contribution in [0.3, 0.4) is 0 Å². The van der Waals surface area contributed by atoms with Crippen LogP contribution in [0.4, 0.5) is 10.5 Å². The van der Waals surface area contributed by atoms with E-state index in [-0.39, 0.29) is 31.1 Å². The number of rotatable bonds is 12. The lowest BCUT2D eigenvalue weighted by Gasteiger charge is -2.20. The minimum absolute atomic E-state index is 0.0239. The molecule has 0 aromatic heterocycles. The van der Waals surface area contributed by atoms with E-state index < -0.39 is 30.0 Å². The van der Waals surface area contributed by atoms with Crippen LogP contribution < -0.4 is 22.1 Å². The fraction of sp³-hybridized carbons (Fsp3) is 0.304. The predicted octanol–water partition coefficient (Wildman–Crippen LogP) is 2.14. The SMILES string of the molecule is CSc1ccc(N=NC(=O)N[C@@H](Cc2ccc(O)cc2)C(=O)N[C@@H](CCCN=C(N)N)C(=O)O)cc1. The molecule has 0 heterocycles. The summed E-state index contributed by atoms with van der Waals surface area (Å²) in [5.74, 6) is -2.03. The van der Waals surface area contributed by atoms with Crippen LogP contribution in [0.1, 0.15) is 18.4 Å². The molecule has 192 valence electrons. The molecule has 2 aromatic carbocycles.